The minimum absolute atomic E-state index is 0.213. The number of nitrogens with one attached hydrogen (secondary N) is 2. The summed E-state index contributed by atoms with van der Waals surface area (Å²) in [5, 5.41) is 6.09. The standard InChI is InChI=1S/C21H21N3O2/c1-14-4-7-17(12-15(14)2)23-18-8-11-20(22-13-18)24-21(25)16-5-9-19(26-3)10-6-16/h4-13,23H,1-3H3,(H,22,24,25). The Morgan fingerprint density at radius 3 is 2.27 bits per heavy atom. The first-order valence-electron chi connectivity index (χ1n) is 8.31. The number of carbonyl (C=O) groups is 1. The Labute approximate surface area is 153 Å². The van der Waals surface area contributed by atoms with Crippen molar-refractivity contribution in [2.75, 3.05) is 17.7 Å². The molecule has 0 saturated heterocycles. The predicted molar refractivity (Wildman–Crippen MR) is 104 cm³/mol. The molecule has 0 radical (unpaired) electrons. The van der Waals surface area contributed by atoms with Crippen molar-refractivity contribution in [1.29, 1.82) is 0 Å². The molecule has 1 amide bonds. The Kier molecular flexibility index (Phi) is 5.17. The highest BCUT2D eigenvalue weighted by molar-refractivity contribution is 6.03. The van der Waals surface area contributed by atoms with Crippen molar-refractivity contribution < 1.29 is 9.53 Å². The first-order chi connectivity index (χ1) is 12.5. The largest absolute Gasteiger partial charge is 0.497 e. The maximum absolute atomic E-state index is 12.3. The lowest BCUT2D eigenvalue weighted by atomic mass is 10.1. The van der Waals surface area contributed by atoms with Crippen LogP contribution in [0.3, 0.4) is 0 Å². The van der Waals surface area contributed by atoms with Crippen molar-refractivity contribution in [2.24, 2.45) is 0 Å². The van der Waals surface area contributed by atoms with E-state index in [0.29, 0.717) is 17.1 Å². The highest BCUT2D eigenvalue weighted by Crippen LogP contribution is 2.20. The molecule has 132 valence electrons. The number of pyridine rings is 1. The van der Waals surface area contributed by atoms with Gasteiger partial charge < -0.3 is 15.4 Å². The zero-order valence-electron chi connectivity index (χ0n) is 15.0. The first kappa shape index (κ1) is 17.5. The van der Waals surface area contributed by atoms with Gasteiger partial charge in [0.05, 0.1) is 19.0 Å². The van der Waals surface area contributed by atoms with Crippen molar-refractivity contribution in [1.82, 2.24) is 4.98 Å². The van der Waals surface area contributed by atoms with Crippen LogP contribution in [0.4, 0.5) is 17.2 Å². The lowest BCUT2D eigenvalue weighted by molar-refractivity contribution is 0.102. The molecule has 1 heterocycles. The smallest absolute Gasteiger partial charge is 0.256 e. The van der Waals surface area contributed by atoms with Crippen LogP contribution in [0.2, 0.25) is 0 Å². The third kappa shape index (κ3) is 4.19. The lowest BCUT2D eigenvalue weighted by Crippen LogP contribution is -2.12. The van der Waals surface area contributed by atoms with E-state index < -0.39 is 0 Å². The average Bonchev–Trinajstić information content (AvgIpc) is 2.66. The minimum atomic E-state index is -0.213. The summed E-state index contributed by atoms with van der Waals surface area (Å²) >= 11 is 0. The van der Waals surface area contributed by atoms with Crippen LogP contribution in [0, 0.1) is 13.8 Å². The van der Waals surface area contributed by atoms with Gasteiger partial charge in [0, 0.05) is 11.3 Å². The summed E-state index contributed by atoms with van der Waals surface area (Å²) in [6.45, 7) is 4.16. The van der Waals surface area contributed by atoms with E-state index >= 15 is 0 Å². The third-order valence-corrected chi connectivity index (χ3v) is 4.15. The van der Waals surface area contributed by atoms with Gasteiger partial charge in [0.15, 0.2) is 0 Å². The van der Waals surface area contributed by atoms with Crippen LogP contribution >= 0.6 is 0 Å². The Hall–Kier alpha value is -3.34. The molecular formula is C21H21N3O2. The van der Waals surface area contributed by atoms with E-state index in [-0.39, 0.29) is 5.91 Å². The molecule has 0 aliphatic heterocycles. The Morgan fingerprint density at radius 1 is 0.923 bits per heavy atom. The van der Waals surface area contributed by atoms with Gasteiger partial charge in [0.2, 0.25) is 0 Å². The molecule has 0 fully saturated rings. The molecule has 26 heavy (non-hydrogen) atoms. The summed E-state index contributed by atoms with van der Waals surface area (Å²) in [6, 6.07) is 16.8. The second-order valence-corrected chi connectivity index (χ2v) is 6.04. The number of aryl methyl sites for hydroxylation is 2. The molecule has 0 aliphatic rings. The second kappa shape index (κ2) is 7.70. The third-order valence-electron chi connectivity index (χ3n) is 4.15. The molecular weight excluding hydrogens is 326 g/mol. The van der Waals surface area contributed by atoms with Crippen molar-refractivity contribution >= 4 is 23.1 Å². The second-order valence-electron chi connectivity index (χ2n) is 6.04. The number of ether oxygens (including phenoxy) is 1. The number of amides is 1. The zero-order chi connectivity index (χ0) is 18.5. The van der Waals surface area contributed by atoms with Crippen LogP contribution < -0.4 is 15.4 Å². The first-order valence-corrected chi connectivity index (χ1v) is 8.31. The number of nitrogens with zero attached hydrogens (tertiary/aromatic N) is 1. The van der Waals surface area contributed by atoms with Crippen molar-refractivity contribution in [3.05, 3.63) is 77.5 Å². The van der Waals surface area contributed by atoms with E-state index in [1.165, 1.54) is 11.1 Å². The van der Waals surface area contributed by atoms with E-state index in [2.05, 4.69) is 41.6 Å². The lowest BCUT2D eigenvalue weighted by Gasteiger charge is -2.10. The van der Waals surface area contributed by atoms with Gasteiger partial charge in [0.25, 0.3) is 5.91 Å². The monoisotopic (exact) mass is 347 g/mol. The normalized spacial score (nSPS) is 10.3. The molecule has 2 N–H and O–H groups in total. The fraction of sp³-hybridized carbons (Fsp3) is 0.143. The predicted octanol–water partition coefficient (Wildman–Crippen LogP) is 4.70. The summed E-state index contributed by atoms with van der Waals surface area (Å²) in [5.74, 6) is 0.993. The number of carbonyl (C=O) groups excluding carboxylic acids is 1. The van der Waals surface area contributed by atoms with Crippen LogP contribution in [-0.4, -0.2) is 18.0 Å². The fourth-order valence-electron chi connectivity index (χ4n) is 2.46. The number of rotatable bonds is 5. The summed E-state index contributed by atoms with van der Waals surface area (Å²) in [4.78, 5) is 16.5. The zero-order valence-corrected chi connectivity index (χ0v) is 15.0. The van der Waals surface area contributed by atoms with Crippen LogP contribution in [0.25, 0.3) is 0 Å². The minimum Gasteiger partial charge on any atom is -0.497 e. The van der Waals surface area contributed by atoms with E-state index in [0.717, 1.165) is 11.4 Å². The number of benzene rings is 2. The number of anilines is 3. The number of methoxy groups -OCH3 is 1. The van der Waals surface area contributed by atoms with Gasteiger partial charge in [-0.2, -0.15) is 0 Å². The molecule has 0 bridgehead atoms. The van der Waals surface area contributed by atoms with Crippen molar-refractivity contribution in [2.45, 2.75) is 13.8 Å². The van der Waals surface area contributed by atoms with E-state index in [4.69, 9.17) is 4.74 Å². The van der Waals surface area contributed by atoms with Gasteiger partial charge in [-0.05, 0) is 73.5 Å². The Morgan fingerprint density at radius 2 is 1.65 bits per heavy atom. The fourth-order valence-corrected chi connectivity index (χ4v) is 2.46. The van der Waals surface area contributed by atoms with Crippen LogP contribution in [0.15, 0.2) is 60.8 Å². The molecule has 1 aromatic heterocycles. The molecule has 0 saturated carbocycles. The summed E-state index contributed by atoms with van der Waals surface area (Å²) in [6.07, 6.45) is 1.69. The molecule has 3 aromatic rings. The topological polar surface area (TPSA) is 63.2 Å². The molecule has 5 heteroatoms. The SMILES string of the molecule is COc1ccc(C(=O)Nc2ccc(Nc3ccc(C)c(C)c3)cn2)cc1. The number of aromatic nitrogens is 1. The summed E-state index contributed by atoms with van der Waals surface area (Å²) in [5.41, 5.74) is 4.89. The average molecular weight is 347 g/mol. The van der Waals surface area contributed by atoms with Crippen LogP contribution in [0.1, 0.15) is 21.5 Å². The summed E-state index contributed by atoms with van der Waals surface area (Å²) in [7, 11) is 1.59. The molecule has 3 rings (SSSR count). The molecule has 2 aromatic carbocycles. The van der Waals surface area contributed by atoms with E-state index in [9.17, 15) is 4.79 Å². The van der Waals surface area contributed by atoms with Crippen LogP contribution in [-0.2, 0) is 0 Å². The van der Waals surface area contributed by atoms with Crippen molar-refractivity contribution in [3.8, 4) is 5.75 Å². The van der Waals surface area contributed by atoms with Gasteiger partial charge in [-0.3, -0.25) is 4.79 Å². The van der Waals surface area contributed by atoms with Gasteiger partial charge in [-0.25, -0.2) is 4.98 Å². The quantitative estimate of drug-likeness (QED) is 0.702. The Balaban J connectivity index is 1.65. The maximum Gasteiger partial charge on any atom is 0.256 e. The molecule has 0 aliphatic carbocycles. The van der Waals surface area contributed by atoms with Crippen LogP contribution in [0.5, 0.6) is 5.75 Å². The van der Waals surface area contributed by atoms with Gasteiger partial charge >= 0.3 is 0 Å². The highest BCUT2D eigenvalue weighted by Gasteiger charge is 2.07. The number of hydrogen-bond donors (Lipinski definition) is 2. The Bertz CT molecular complexity index is 904. The van der Waals surface area contributed by atoms with Gasteiger partial charge in [0.1, 0.15) is 11.6 Å². The van der Waals surface area contributed by atoms with Gasteiger partial charge in [-0.15, -0.1) is 0 Å². The summed E-state index contributed by atoms with van der Waals surface area (Å²) < 4.78 is 5.09. The molecule has 0 atom stereocenters. The van der Waals surface area contributed by atoms with E-state index in [1.54, 1.807) is 43.6 Å². The highest BCUT2D eigenvalue weighted by atomic mass is 16.5. The molecule has 5 nitrogen and oxygen atoms in total. The molecule has 0 spiro atoms. The molecule has 0 unspecified atom stereocenters. The van der Waals surface area contributed by atoms with Gasteiger partial charge in [-0.1, -0.05) is 6.07 Å². The number of hydrogen-bond acceptors (Lipinski definition) is 4. The van der Waals surface area contributed by atoms with Crippen molar-refractivity contribution in [3.63, 3.8) is 0 Å². The van der Waals surface area contributed by atoms with E-state index in [1.807, 2.05) is 12.1 Å². The maximum atomic E-state index is 12.3.